The van der Waals surface area contributed by atoms with Crippen molar-refractivity contribution in [2.45, 2.75) is 49.1 Å². The first kappa shape index (κ1) is 18.4. The molecule has 1 aromatic carbocycles. The van der Waals surface area contributed by atoms with Crippen molar-refractivity contribution in [3.05, 3.63) is 46.9 Å². The fraction of sp³-hybridized carbons (Fsp3) is 0.450. The van der Waals surface area contributed by atoms with Gasteiger partial charge in [0, 0.05) is 23.1 Å². The molecule has 0 radical (unpaired) electrons. The number of nitrogens with one attached hydrogen (secondary N) is 2. The molecule has 0 saturated heterocycles. The topological polar surface area (TPSA) is 93.5 Å². The van der Waals surface area contributed by atoms with Crippen LogP contribution < -0.4 is 15.4 Å². The minimum absolute atomic E-state index is 0.00241. The Balaban J connectivity index is 1.08. The number of carbonyl (C=O) groups is 2. The third kappa shape index (κ3) is 3.46. The maximum atomic E-state index is 13.4. The Kier molecular flexibility index (Phi) is 4.10. The zero-order chi connectivity index (χ0) is 20.2. The number of hydrogen-bond acceptors (Lipinski definition) is 5. The zero-order valence-corrected chi connectivity index (χ0v) is 16.2. The number of carbonyl (C=O) groups excluding carboxylic acids is 2. The molecule has 4 fully saturated rings. The number of benzene rings is 1. The average Bonchev–Trinajstić information content (AvgIpc) is 3.36. The molecule has 6 rings (SSSR count). The highest BCUT2D eigenvalue weighted by atomic mass is 35.5. The number of oxazole rings is 1. The molecule has 0 aliphatic heterocycles. The Morgan fingerprint density at radius 1 is 1.24 bits per heavy atom. The van der Waals surface area contributed by atoms with Gasteiger partial charge in [0.05, 0.1) is 5.02 Å². The van der Waals surface area contributed by atoms with E-state index in [4.69, 9.17) is 20.8 Å². The summed E-state index contributed by atoms with van der Waals surface area (Å²) in [7, 11) is 0. The minimum Gasteiger partial charge on any atom is -0.484 e. The van der Waals surface area contributed by atoms with Gasteiger partial charge in [-0.1, -0.05) is 11.6 Å². The summed E-state index contributed by atoms with van der Waals surface area (Å²) >= 11 is 5.62. The molecule has 29 heavy (non-hydrogen) atoms. The summed E-state index contributed by atoms with van der Waals surface area (Å²) in [5, 5.41) is 5.97. The van der Waals surface area contributed by atoms with Gasteiger partial charge in [-0.2, -0.15) is 0 Å². The molecule has 4 saturated carbocycles. The van der Waals surface area contributed by atoms with E-state index in [1.165, 1.54) is 18.4 Å². The Labute approximate surface area is 171 Å². The molecular formula is C20H19ClFN3O4. The SMILES string of the molecule is O=C(COc1ccc(Cl)c(F)c1)NC12CC(NC(=O)c3coc(C4CC4)n3)(C1)C2. The summed E-state index contributed by atoms with van der Waals surface area (Å²) in [6.45, 7) is -0.217. The molecule has 2 aromatic rings. The molecule has 1 aromatic heterocycles. The highest BCUT2D eigenvalue weighted by molar-refractivity contribution is 6.30. The van der Waals surface area contributed by atoms with E-state index in [9.17, 15) is 14.0 Å². The van der Waals surface area contributed by atoms with E-state index in [0.717, 1.165) is 18.9 Å². The average molecular weight is 420 g/mol. The van der Waals surface area contributed by atoms with E-state index in [2.05, 4.69) is 15.6 Å². The summed E-state index contributed by atoms with van der Waals surface area (Å²) in [4.78, 5) is 28.8. The van der Waals surface area contributed by atoms with Crippen LogP contribution in [0.3, 0.4) is 0 Å². The second-order valence-electron chi connectivity index (χ2n) is 8.30. The summed E-state index contributed by atoms with van der Waals surface area (Å²) in [6, 6.07) is 4.02. The van der Waals surface area contributed by atoms with E-state index in [-0.39, 0.29) is 40.3 Å². The van der Waals surface area contributed by atoms with E-state index in [1.54, 1.807) is 0 Å². The van der Waals surface area contributed by atoms with E-state index >= 15 is 0 Å². The van der Waals surface area contributed by atoms with Gasteiger partial charge >= 0.3 is 0 Å². The lowest BCUT2D eigenvalue weighted by Gasteiger charge is -2.70. The van der Waals surface area contributed by atoms with E-state index in [0.29, 0.717) is 36.8 Å². The number of aromatic nitrogens is 1. The number of nitrogens with zero attached hydrogens (tertiary/aromatic N) is 1. The van der Waals surface area contributed by atoms with Gasteiger partial charge in [0.1, 0.15) is 17.8 Å². The first-order valence-corrected chi connectivity index (χ1v) is 9.90. The van der Waals surface area contributed by atoms with Gasteiger partial charge in [-0.05, 0) is 44.2 Å². The molecule has 1 heterocycles. The number of rotatable bonds is 7. The normalized spacial score (nSPS) is 26.8. The predicted molar refractivity (Wildman–Crippen MR) is 100 cm³/mol. The zero-order valence-electron chi connectivity index (χ0n) is 15.5. The summed E-state index contributed by atoms with van der Waals surface area (Å²) in [5.41, 5.74) is -0.288. The van der Waals surface area contributed by atoms with Gasteiger partial charge in [0.25, 0.3) is 11.8 Å². The lowest BCUT2D eigenvalue weighted by atomic mass is 9.44. The van der Waals surface area contributed by atoms with Crippen LogP contribution in [0.4, 0.5) is 4.39 Å². The molecule has 0 spiro atoms. The second kappa shape index (κ2) is 6.45. The summed E-state index contributed by atoms with van der Waals surface area (Å²) < 4.78 is 24.1. The quantitative estimate of drug-likeness (QED) is 0.719. The molecule has 4 aliphatic carbocycles. The monoisotopic (exact) mass is 419 g/mol. The molecule has 9 heteroatoms. The van der Waals surface area contributed by atoms with Gasteiger partial charge < -0.3 is 19.8 Å². The lowest BCUT2D eigenvalue weighted by Crippen LogP contribution is -2.84. The summed E-state index contributed by atoms with van der Waals surface area (Å²) in [6.07, 6.45) is 5.53. The standard InChI is InChI=1S/C20H19ClFN3O4/c21-13-4-3-12(5-14(13)22)28-7-16(26)24-19-8-20(9-19,10-19)25-17(27)15-6-29-18(23-15)11-1-2-11/h3-6,11H,1-2,7-10H2,(H,24,26)(H,25,27). The fourth-order valence-electron chi connectivity index (χ4n) is 4.32. The van der Waals surface area contributed by atoms with Crippen molar-refractivity contribution >= 4 is 23.4 Å². The smallest absolute Gasteiger partial charge is 0.273 e. The van der Waals surface area contributed by atoms with Crippen LogP contribution in [0.2, 0.25) is 5.02 Å². The van der Waals surface area contributed by atoms with Crippen molar-refractivity contribution in [3.8, 4) is 5.75 Å². The van der Waals surface area contributed by atoms with Crippen molar-refractivity contribution in [1.29, 1.82) is 0 Å². The van der Waals surface area contributed by atoms with Crippen LogP contribution in [0.1, 0.15) is 54.4 Å². The number of halogens is 2. The Morgan fingerprint density at radius 2 is 1.97 bits per heavy atom. The van der Waals surface area contributed by atoms with Crippen LogP contribution in [0.25, 0.3) is 0 Å². The van der Waals surface area contributed by atoms with Gasteiger partial charge in [0.2, 0.25) is 0 Å². The van der Waals surface area contributed by atoms with E-state index < -0.39 is 5.82 Å². The van der Waals surface area contributed by atoms with Crippen molar-refractivity contribution in [3.63, 3.8) is 0 Å². The van der Waals surface area contributed by atoms with E-state index in [1.807, 2.05) is 0 Å². The minimum atomic E-state index is -0.599. The van der Waals surface area contributed by atoms with Gasteiger partial charge in [0.15, 0.2) is 18.2 Å². The van der Waals surface area contributed by atoms with Crippen LogP contribution in [0.15, 0.2) is 28.9 Å². The first-order valence-electron chi connectivity index (χ1n) is 9.52. The summed E-state index contributed by atoms with van der Waals surface area (Å²) in [5.74, 6) is 0.104. The molecule has 0 atom stereocenters. The Hall–Kier alpha value is -2.61. The second-order valence-corrected chi connectivity index (χ2v) is 8.71. The Morgan fingerprint density at radius 3 is 2.66 bits per heavy atom. The van der Waals surface area contributed by atoms with Crippen molar-refractivity contribution in [1.82, 2.24) is 15.6 Å². The highest BCUT2D eigenvalue weighted by Crippen LogP contribution is 2.60. The predicted octanol–water partition coefficient (Wildman–Crippen LogP) is 2.94. The number of amides is 2. The van der Waals surface area contributed by atoms with Gasteiger partial charge in [-0.3, -0.25) is 9.59 Å². The van der Waals surface area contributed by atoms with Crippen LogP contribution in [0.5, 0.6) is 5.75 Å². The van der Waals surface area contributed by atoms with Crippen LogP contribution >= 0.6 is 11.6 Å². The van der Waals surface area contributed by atoms with Gasteiger partial charge in [-0.25, -0.2) is 9.37 Å². The third-order valence-corrected chi connectivity index (χ3v) is 6.06. The molecule has 2 N–H and O–H groups in total. The van der Waals surface area contributed by atoms with Crippen molar-refractivity contribution in [2.75, 3.05) is 6.61 Å². The van der Waals surface area contributed by atoms with Crippen LogP contribution in [0, 0.1) is 5.82 Å². The molecule has 0 unspecified atom stereocenters. The molecule has 152 valence electrons. The van der Waals surface area contributed by atoms with Crippen molar-refractivity contribution in [2.24, 2.45) is 0 Å². The molecule has 2 bridgehead atoms. The largest absolute Gasteiger partial charge is 0.484 e. The maximum absolute atomic E-state index is 13.4. The molecule has 4 aliphatic rings. The molecular weight excluding hydrogens is 401 g/mol. The van der Waals surface area contributed by atoms with Crippen LogP contribution in [-0.2, 0) is 4.79 Å². The van der Waals surface area contributed by atoms with Crippen LogP contribution in [-0.4, -0.2) is 34.5 Å². The Bertz CT molecular complexity index is 984. The molecule has 2 amide bonds. The van der Waals surface area contributed by atoms with Gasteiger partial charge in [-0.15, -0.1) is 0 Å². The first-order chi connectivity index (χ1) is 13.9. The highest BCUT2D eigenvalue weighted by Gasteiger charge is 2.69. The third-order valence-electron chi connectivity index (χ3n) is 5.76. The van der Waals surface area contributed by atoms with Crippen molar-refractivity contribution < 1.29 is 23.1 Å². The number of ether oxygens (including phenoxy) is 1. The fourth-order valence-corrected chi connectivity index (χ4v) is 4.43. The molecule has 7 nitrogen and oxygen atoms in total. The maximum Gasteiger partial charge on any atom is 0.273 e. The lowest BCUT2D eigenvalue weighted by molar-refractivity contribution is -0.141. The number of hydrogen-bond donors (Lipinski definition) is 2.